The van der Waals surface area contributed by atoms with Gasteiger partial charge in [0.05, 0.1) is 11.3 Å². The Morgan fingerprint density at radius 1 is 1.25 bits per heavy atom. The molecule has 3 aromatic rings. The molecule has 3 rings (SSSR count). The van der Waals surface area contributed by atoms with E-state index in [4.69, 9.17) is 4.42 Å². The molecule has 100 valence electrons. The largest absolute Gasteiger partial charge is 0.508 e. The minimum Gasteiger partial charge on any atom is -0.508 e. The zero-order chi connectivity index (χ0) is 14.1. The van der Waals surface area contributed by atoms with Crippen LogP contribution in [-0.2, 0) is 0 Å². The average Bonchev–Trinajstić information content (AvgIpc) is 2.48. The molecule has 0 fully saturated rings. The van der Waals surface area contributed by atoms with Crippen LogP contribution < -0.4 is 5.36 Å². The molecule has 0 aliphatic heterocycles. The SMILES string of the molecule is Cc1cc2/c(=N\O)c(-c3ccccn3)coc2cc1O. The molecule has 0 aliphatic carbocycles. The average molecular weight is 268 g/mol. The van der Waals surface area contributed by atoms with Crippen LogP contribution in [0.2, 0.25) is 0 Å². The highest BCUT2D eigenvalue weighted by Crippen LogP contribution is 2.24. The van der Waals surface area contributed by atoms with Crippen LogP contribution in [0.1, 0.15) is 5.56 Å². The van der Waals surface area contributed by atoms with Gasteiger partial charge in [0.1, 0.15) is 23.0 Å². The number of aryl methyl sites for hydroxylation is 1. The summed E-state index contributed by atoms with van der Waals surface area (Å²) in [6.45, 7) is 1.77. The summed E-state index contributed by atoms with van der Waals surface area (Å²) in [7, 11) is 0. The smallest absolute Gasteiger partial charge is 0.139 e. The van der Waals surface area contributed by atoms with Crippen LogP contribution in [0.4, 0.5) is 0 Å². The first-order valence-electron chi connectivity index (χ1n) is 6.05. The minimum absolute atomic E-state index is 0.135. The number of fused-ring (bicyclic) bond motifs is 1. The van der Waals surface area contributed by atoms with Gasteiger partial charge in [-0.2, -0.15) is 0 Å². The topological polar surface area (TPSA) is 78.9 Å². The van der Waals surface area contributed by atoms with Gasteiger partial charge in [-0.3, -0.25) is 4.98 Å². The second kappa shape index (κ2) is 4.70. The van der Waals surface area contributed by atoms with Crippen LogP contribution in [0.3, 0.4) is 0 Å². The van der Waals surface area contributed by atoms with E-state index in [-0.39, 0.29) is 5.75 Å². The van der Waals surface area contributed by atoms with Crippen molar-refractivity contribution in [1.82, 2.24) is 4.98 Å². The third kappa shape index (κ3) is 1.89. The molecule has 5 nitrogen and oxygen atoms in total. The Labute approximate surface area is 114 Å². The van der Waals surface area contributed by atoms with E-state index in [1.807, 2.05) is 6.07 Å². The highest BCUT2D eigenvalue weighted by molar-refractivity contribution is 5.82. The third-order valence-corrected chi connectivity index (χ3v) is 3.15. The van der Waals surface area contributed by atoms with Gasteiger partial charge in [-0.15, -0.1) is 0 Å². The molecule has 20 heavy (non-hydrogen) atoms. The Morgan fingerprint density at radius 2 is 2.10 bits per heavy atom. The van der Waals surface area contributed by atoms with E-state index in [1.54, 1.807) is 31.3 Å². The number of hydrogen-bond acceptors (Lipinski definition) is 5. The maximum Gasteiger partial charge on any atom is 0.139 e. The molecule has 0 aliphatic rings. The first kappa shape index (κ1) is 12.2. The Bertz CT molecular complexity index is 839. The highest BCUT2D eigenvalue weighted by Gasteiger charge is 2.10. The van der Waals surface area contributed by atoms with Gasteiger partial charge in [-0.05, 0) is 30.7 Å². The van der Waals surface area contributed by atoms with Crippen molar-refractivity contribution < 1.29 is 14.7 Å². The van der Waals surface area contributed by atoms with Gasteiger partial charge in [-0.25, -0.2) is 0 Å². The molecular weight excluding hydrogens is 256 g/mol. The van der Waals surface area contributed by atoms with Gasteiger partial charge in [0, 0.05) is 17.6 Å². The molecule has 0 unspecified atom stereocenters. The van der Waals surface area contributed by atoms with Gasteiger partial charge >= 0.3 is 0 Å². The fourth-order valence-corrected chi connectivity index (χ4v) is 2.09. The Morgan fingerprint density at radius 3 is 2.80 bits per heavy atom. The van der Waals surface area contributed by atoms with Crippen LogP contribution in [0.5, 0.6) is 5.75 Å². The summed E-state index contributed by atoms with van der Waals surface area (Å²) in [6, 6.07) is 8.67. The third-order valence-electron chi connectivity index (χ3n) is 3.15. The summed E-state index contributed by atoms with van der Waals surface area (Å²) in [5, 5.41) is 23.4. The van der Waals surface area contributed by atoms with E-state index in [0.29, 0.717) is 33.1 Å². The molecule has 0 bridgehead atoms. The molecule has 0 amide bonds. The maximum atomic E-state index is 9.70. The monoisotopic (exact) mass is 268 g/mol. The van der Waals surface area contributed by atoms with Gasteiger partial charge in [0.25, 0.3) is 0 Å². The van der Waals surface area contributed by atoms with Crippen molar-refractivity contribution in [1.29, 1.82) is 0 Å². The quantitative estimate of drug-likeness (QED) is 0.525. The van der Waals surface area contributed by atoms with Crippen LogP contribution in [0.25, 0.3) is 22.2 Å². The van der Waals surface area contributed by atoms with Crippen molar-refractivity contribution in [3.8, 4) is 17.0 Å². The maximum absolute atomic E-state index is 9.70. The van der Waals surface area contributed by atoms with Crippen LogP contribution in [0, 0.1) is 6.92 Å². The van der Waals surface area contributed by atoms with Crippen molar-refractivity contribution in [2.75, 3.05) is 0 Å². The zero-order valence-electron chi connectivity index (χ0n) is 10.7. The molecular formula is C15H12N2O3. The Hall–Kier alpha value is -2.82. The first-order valence-corrected chi connectivity index (χ1v) is 6.05. The predicted molar refractivity (Wildman–Crippen MR) is 73.2 cm³/mol. The number of rotatable bonds is 1. The lowest BCUT2D eigenvalue weighted by Gasteiger charge is -2.06. The van der Waals surface area contributed by atoms with Crippen LogP contribution in [0.15, 0.2) is 52.4 Å². The first-order chi connectivity index (χ1) is 9.70. The normalized spacial score (nSPS) is 11.9. The predicted octanol–water partition coefficient (Wildman–Crippen LogP) is 2.80. The lowest BCUT2D eigenvalue weighted by Crippen LogP contribution is -2.08. The molecule has 5 heteroatoms. The summed E-state index contributed by atoms with van der Waals surface area (Å²) in [5.41, 5.74) is 2.36. The Balaban J connectivity index is 2.39. The highest BCUT2D eigenvalue weighted by atomic mass is 16.4. The summed E-state index contributed by atoms with van der Waals surface area (Å²) >= 11 is 0. The molecule has 0 saturated carbocycles. The summed E-state index contributed by atoms with van der Waals surface area (Å²) in [6.07, 6.45) is 3.12. The van der Waals surface area contributed by atoms with E-state index in [2.05, 4.69) is 10.1 Å². The van der Waals surface area contributed by atoms with E-state index in [1.165, 1.54) is 12.3 Å². The number of pyridine rings is 1. The number of hydrogen-bond donors (Lipinski definition) is 2. The number of benzene rings is 1. The van der Waals surface area contributed by atoms with Crippen molar-refractivity contribution >= 4 is 11.0 Å². The minimum atomic E-state index is 0.135. The van der Waals surface area contributed by atoms with Gasteiger partial charge in [0.2, 0.25) is 0 Å². The number of phenolic OH excluding ortho intramolecular Hbond substituents is 1. The van der Waals surface area contributed by atoms with Gasteiger partial charge in [-0.1, -0.05) is 11.2 Å². The summed E-state index contributed by atoms with van der Waals surface area (Å²) < 4.78 is 5.50. The van der Waals surface area contributed by atoms with Crippen molar-refractivity contribution in [2.45, 2.75) is 6.92 Å². The molecule has 1 aromatic carbocycles. The van der Waals surface area contributed by atoms with E-state index in [0.717, 1.165) is 0 Å². The van der Waals surface area contributed by atoms with Crippen molar-refractivity contribution in [3.63, 3.8) is 0 Å². The van der Waals surface area contributed by atoms with Crippen molar-refractivity contribution in [2.24, 2.45) is 5.16 Å². The van der Waals surface area contributed by atoms with Crippen molar-refractivity contribution in [3.05, 3.63) is 53.7 Å². The van der Waals surface area contributed by atoms with Crippen LogP contribution in [-0.4, -0.2) is 15.3 Å². The lowest BCUT2D eigenvalue weighted by atomic mass is 10.1. The number of aromatic hydroxyl groups is 1. The van der Waals surface area contributed by atoms with E-state index in [9.17, 15) is 10.3 Å². The standard InChI is InChI=1S/C15H12N2O3/c1-9-6-10-14(7-13(9)18)20-8-11(15(10)17-19)12-4-2-3-5-16-12/h2-8,18-19H,1H3/b17-15+. The molecule has 0 spiro atoms. The fourth-order valence-electron chi connectivity index (χ4n) is 2.09. The van der Waals surface area contributed by atoms with Gasteiger partial charge in [0.15, 0.2) is 0 Å². The van der Waals surface area contributed by atoms with Gasteiger partial charge < -0.3 is 14.7 Å². The molecule has 0 saturated heterocycles. The molecule has 2 heterocycles. The lowest BCUT2D eigenvalue weighted by molar-refractivity contribution is 0.302. The van der Waals surface area contributed by atoms with Crippen LogP contribution >= 0.6 is 0 Å². The number of aromatic nitrogens is 1. The molecule has 0 atom stereocenters. The number of phenols is 1. The molecule has 0 radical (unpaired) electrons. The summed E-state index contributed by atoms with van der Waals surface area (Å²) in [5.74, 6) is 0.135. The summed E-state index contributed by atoms with van der Waals surface area (Å²) in [4.78, 5) is 4.22. The second-order valence-electron chi connectivity index (χ2n) is 4.45. The fraction of sp³-hybridized carbons (Fsp3) is 0.0667. The van der Waals surface area contributed by atoms with E-state index >= 15 is 0 Å². The second-order valence-corrected chi connectivity index (χ2v) is 4.45. The molecule has 2 aromatic heterocycles. The zero-order valence-corrected chi connectivity index (χ0v) is 10.7. The Kier molecular flexibility index (Phi) is 2.87. The van der Waals surface area contributed by atoms with E-state index < -0.39 is 0 Å². The number of nitrogens with zero attached hydrogens (tertiary/aromatic N) is 2. The molecule has 2 N–H and O–H groups in total.